The summed E-state index contributed by atoms with van der Waals surface area (Å²) in [6.45, 7) is 8.19. The number of rotatable bonds is 5. The third-order valence-corrected chi connectivity index (χ3v) is 4.50. The maximum atomic E-state index is 14.8. The number of aliphatic hydroxyl groups excluding tert-OH is 1. The molecule has 0 radical (unpaired) electrons. The summed E-state index contributed by atoms with van der Waals surface area (Å²) in [5, 5.41) is 7.01. The lowest BCUT2D eigenvalue weighted by molar-refractivity contribution is -0.154. The number of hydrogen-bond acceptors (Lipinski definition) is 4. The molecule has 4 nitrogen and oxygen atoms in total. The van der Waals surface area contributed by atoms with Gasteiger partial charge in [0.15, 0.2) is 0 Å². The van der Waals surface area contributed by atoms with E-state index in [1.54, 1.807) is 34.6 Å². The zero-order valence-electron chi connectivity index (χ0n) is 11.8. The van der Waals surface area contributed by atoms with E-state index in [0.29, 0.717) is 0 Å². The highest BCUT2D eigenvalue weighted by atomic mass is 32.2. The molecule has 0 aliphatic carbocycles. The highest BCUT2D eigenvalue weighted by Gasteiger charge is 2.56. The topological polar surface area (TPSA) is 63.6 Å². The first-order chi connectivity index (χ1) is 7.97. The Labute approximate surface area is 110 Å². The number of aliphatic hydroxyl groups is 1. The van der Waals surface area contributed by atoms with Gasteiger partial charge in [-0.1, -0.05) is 13.8 Å². The molecule has 1 unspecified atom stereocenters. The quantitative estimate of drug-likeness (QED) is 0.781. The van der Waals surface area contributed by atoms with Crippen molar-refractivity contribution in [1.29, 1.82) is 0 Å². The van der Waals surface area contributed by atoms with Gasteiger partial charge in [-0.3, -0.25) is 4.21 Å². The van der Waals surface area contributed by atoms with Crippen molar-refractivity contribution in [1.82, 2.24) is 0 Å². The average molecular weight is 282 g/mol. The number of carbonyl (C=O) groups is 1. The molecule has 3 atom stereocenters. The molecule has 0 aromatic heterocycles. The first kappa shape index (κ1) is 17.5. The van der Waals surface area contributed by atoms with Gasteiger partial charge in [-0.15, -0.1) is 0 Å². The Morgan fingerprint density at radius 3 is 2.11 bits per heavy atom. The lowest BCUT2D eigenvalue weighted by atomic mass is 10.0. The maximum Gasteiger partial charge on any atom is 0.359 e. The van der Waals surface area contributed by atoms with Crippen LogP contribution in [-0.4, -0.2) is 38.2 Å². The molecule has 0 aliphatic rings. The summed E-state index contributed by atoms with van der Waals surface area (Å²) in [6.07, 6.45) is -1.61. The minimum atomic E-state index is -2.89. The zero-order valence-corrected chi connectivity index (χ0v) is 12.6. The van der Waals surface area contributed by atoms with Gasteiger partial charge in [0.25, 0.3) is 0 Å². The van der Waals surface area contributed by atoms with Crippen LogP contribution in [0.25, 0.3) is 0 Å². The number of alkyl halides is 1. The van der Waals surface area contributed by atoms with Gasteiger partial charge in [-0.2, -0.15) is 0 Å². The molecule has 6 heteroatoms. The van der Waals surface area contributed by atoms with Gasteiger partial charge >= 0.3 is 11.0 Å². The van der Waals surface area contributed by atoms with Gasteiger partial charge in [0.2, 0.25) is 0 Å². The Kier molecular flexibility index (Phi) is 5.94. The standard InChI is InChI=1S/C12H23FO4S/c1-8(2)7-9(14)12(13,10(15)17-6)18(16)11(3,4)5/h8-9,14H,7H2,1-6H3/t9-,12+,18?/m0/s1. The van der Waals surface area contributed by atoms with Crippen LogP contribution < -0.4 is 0 Å². The minimum Gasteiger partial charge on any atom is -0.466 e. The van der Waals surface area contributed by atoms with Crippen LogP contribution in [-0.2, 0) is 20.3 Å². The van der Waals surface area contributed by atoms with Crippen LogP contribution in [0.2, 0.25) is 0 Å². The summed E-state index contributed by atoms with van der Waals surface area (Å²) < 4.78 is 30.4. The zero-order chi connectivity index (χ0) is 14.7. The molecule has 0 bridgehead atoms. The SMILES string of the molecule is COC(=O)[C@@](F)([C@@H](O)CC(C)C)S(=O)C(C)(C)C. The van der Waals surface area contributed by atoms with E-state index in [1.807, 2.05) is 0 Å². The molecule has 0 aromatic rings. The van der Waals surface area contributed by atoms with Gasteiger partial charge in [0.1, 0.15) is 6.10 Å². The molecule has 0 aromatic carbocycles. The number of hydrogen-bond donors (Lipinski definition) is 1. The van der Waals surface area contributed by atoms with E-state index in [4.69, 9.17) is 0 Å². The van der Waals surface area contributed by atoms with E-state index in [-0.39, 0.29) is 12.3 Å². The fourth-order valence-electron chi connectivity index (χ4n) is 1.52. The third-order valence-electron chi connectivity index (χ3n) is 2.41. The van der Waals surface area contributed by atoms with Crippen molar-refractivity contribution in [3.63, 3.8) is 0 Å². The molecule has 18 heavy (non-hydrogen) atoms. The molecule has 0 rings (SSSR count). The number of halogens is 1. The smallest absolute Gasteiger partial charge is 0.359 e. The van der Waals surface area contributed by atoms with Crippen molar-refractivity contribution in [3.05, 3.63) is 0 Å². The van der Waals surface area contributed by atoms with Crippen molar-refractivity contribution >= 4 is 16.8 Å². The summed E-state index contributed by atoms with van der Waals surface area (Å²) in [5.74, 6) is -1.32. The first-order valence-electron chi connectivity index (χ1n) is 5.85. The minimum absolute atomic E-state index is 0.0308. The highest BCUT2D eigenvalue weighted by Crippen LogP contribution is 2.33. The number of carbonyl (C=O) groups excluding carboxylic acids is 1. The van der Waals surface area contributed by atoms with Crippen molar-refractivity contribution < 1.29 is 23.2 Å². The molecule has 0 amide bonds. The third kappa shape index (κ3) is 3.75. The van der Waals surface area contributed by atoms with Crippen molar-refractivity contribution in [3.8, 4) is 0 Å². The molecule has 0 heterocycles. The fourth-order valence-corrected chi connectivity index (χ4v) is 2.99. The Hall–Kier alpha value is -0.490. The maximum absolute atomic E-state index is 14.8. The molecule has 0 aliphatic heterocycles. The molecular formula is C12H23FO4S. The molecular weight excluding hydrogens is 259 g/mol. The fraction of sp³-hybridized carbons (Fsp3) is 0.917. The summed E-state index contributed by atoms with van der Waals surface area (Å²) in [5.41, 5.74) is 0. The van der Waals surface area contributed by atoms with E-state index >= 15 is 0 Å². The van der Waals surface area contributed by atoms with E-state index in [0.717, 1.165) is 7.11 Å². The Bertz CT molecular complexity index is 325. The predicted molar refractivity (Wildman–Crippen MR) is 69.2 cm³/mol. The molecule has 0 fully saturated rings. The summed E-state index contributed by atoms with van der Waals surface area (Å²) in [7, 11) is -1.20. The van der Waals surface area contributed by atoms with Crippen LogP contribution >= 0.6 is 0 Å². The van der Waals surface area contributed by atoms with Gasteiger partial charge in [0.05, 0.1) is 17.9 Å². The number of esters is 1. The van der Waals surface area contributed by atoms with Crippen LogP contribution in [0.4, 0.5) is 4.39 Å². The highest BCUT2D eigenvalue weighted by molar-refractivity contribution is 7.88. The first-order valence-corrected chi connectivity index (χ1v) is 7.00. The average Bonchev–Trinajstić information content (AvgIpc) is 2.23. The van der Waals surface area contributed by atoms with E-state index < -0.39 is 32.6 Å². The molecule has 0 saturated heterocycles. The normalized spacial score (nSPS) is 19.2. The second-order valence-corrected chi connectivity index (χ2v) is 8.02. The van der Waals surface area contributed by atoms with Crippen LogP contribution in [0.5, 0.6) is 0 Å². The van der Waals surface area contributed by atoms with Gasteiger partial charge in [0, 0.05) is 4.75 Å². The van der Waals surface area contributed by atoms with Crippen LogP contribution in [0.1, 0.15) is 41.0 Å². The second kappa shape index (κ2) is 6.10. The van der Waals surface area contributed by atoms with E-state index in [2.05, 4.69) is 4.74 Å². The monoisotopic (exact) mass is 282 g/mol. The van der Waals surface area contributed by atoms with Gasteiger partial charge < -0.3 is 9.84 Å². The van der Waals surface area contributed by atoms with Gasteiger partial charge in [-0.25, -0.2) is 9.18 Å². The number of methoxy groups -OCH3 is 1. The molecule has 0 saturated carbocycles. The van der Waals surface area contributed by atoms with Crippen LogP contribution in [0.3, 0.4) is 0 Å². The molecule has 0 spiro atoms. The second-order valence-electron chi connectivity index (χ2n) is 5.66. The molecule has 108 valence electrons. The van der Waals surface area contributed by atoms with E-state index in [9.17, 15) is 18.5 Å². The van der Waals surface area contributed by atoms with Crippen molar-refractivity contribution in [2.24, 2.45) is 5.92 Å². The number of ether oxygens (including phenoxy) is 1. The lowest BCUT2D eigenvalue weighted by Crippen LogP contribution is -2.54. The summed E-state index contributed by atoms with van der Waals surface area (Å²) in [6, 6.07) is 0. The van der Waals surface area contributed by atoms with Crippen molar-refractivity contribution in [2.45, 2.75) is 56.9 Å². The van der Waals surface area contributed by atoms with Crippen molar-refractivity contribution in [2.75, 3.05) is 7.11 Å². The van der Waals surface area contributed by atoms with Crippen LogP contribution in [0.15, 0.2) is 0 Å². The summed E-state index contributed by atoms with van der Waals surface area (Å²) >= 11 is 0. The lowest BCUT2D eigenvalue weighted by Gasteiger charge is -2.33. The largest absolute Gasteiger partial charge is 0.466 e. The predicted octanol–water partition coefficient (Wildman–Crippen LogP) is 1.78. The van der Waals surface area contributed by atoms with Crippen LogP contribution in [0, 0.1) is 5.92 Å². The summed E-state index contributed by atoms with van der Waals surface area (Å²) in [4.78, 5) is 11.6. The molecule has 1 N–H and O–H groups in total. The Morgan fingerprint density at radius 1 is 1.39 bits per heavy atom. The Morgan fingerprint density at radius 2 is 1.83 bits per heavy atom. The van der Waals surface area contributed by atoms with Gasteiger partial charge in [-0.05, 0) is 33.1 Å². The Balaban J connectivity index is 5.45. The van der Waals surface area contributed by atoms with E-state index in [1.165, 1.54) is 0 Å².